The van der Waals surface area contributed by atoms with E-state index >= 15 is 0 Å². The molecular formula is C16H30N2O. The molecule has 2 rings (SSSR count). The monoisotopic (exact) mass is 266 g/mol. The molecule has 4 unspecified atom stereocenters. The highest BCUT2D eigenvalue weighted by Gasteiger charge is 2.39. The Morgan fingerprint density at radius 3 is 2.63 bits per heavy atom. The second-order valence-corrected chi connectivity index (χ2v) is 7.05. The number of nitrogens with zero attached hydrogens (tertiary/aromatic N) is 1. The van der Waals surface area contributed by atoms with Gasteiger partial charge in [-0.1, -0.05) is 34.1 Å². The minimum absolute atomic E-state index is 0.0579. The predicted octanol–water partition coefficient (Wildman–Crippen LogP) is 3.01. The highest BCUT2D eigenvalue weighted by molar-refractivity contribution is 5.84. The normalized spacial score (nSPS) is 35.6. The average molecular weight is 266 g/mol. The molecule has 4 atom stereocenters. The molecular weight excluding hydrogens is 236 g/mol. The number of carbonyl (C=O) groups is 1. The maximum Gasteiger partial charge on any atom is 0.241 e. The van der Waals surface area contributed by atoms with Gasteiger partial charge in [0.15, 0.2) is 0 Å². The van der Waals surface area contributed by atoms with Crippen molar-refractivity contribution < 1.29 is 4.79 Å². The summed E-state index contributed by atoms with van der Waals surface area (Å²) in [5.74, 6) is 2.55. The number of rotatable bonds is 5. The summed E-state index contributed by atoms with van der Waals surface area (Å²) in [7, 11) is 0. The van der Waals surface area contributed by atoms with E-state index in [0.717, 1.165) is 31.2 Å². The lowest BCUT2D eigenvalue weighted by molar-refractivity contribution is -0.130. The quantitative estimate of drug-likeness (QED) is 0.829. The van der Waals surface area contributed by atoms with Crippen LogP contribution in [0, 0.1) is 17.8 Å². The predicted molar refractivity (Wildman–Crippen MR) is 78.7 cm³/mol. The molecule has 0 aromatic rings. The minimum Gasteiger partial charge on any atom is -0.326 e. The standard InChI is InChI=1S/C16H30N2O/c1-5-14-16(19)18(15(17-14)8-11(2)3)10-13-7-6-12(4)9-13/h11-15,17H,5-10H2,1-4H3. The Morgan fingerprint density at radius 2 is 2.11 bits per heavy atom. The van der Waals surface area contributed by atoms with Crippen LogP contribution in [-0.2, 0) is 4.79 Å². The van der Waals surface area contributed by atoms with Gasteiger partial charge in [-0.15, -0.1) is 0 Å². The highest BCUT2D eigenvalue weighted by Crippen LogP contribution is 2.32. The van der Waals surface area contributed by atoms with Crippen molar-refractivity contribution in [2.24, 2.45) is 17.8 Å². The van der Waals surface area contributed by atoms with Crippen molar-refractivity contribution in [1.82, 2.24) is 10.2 Å². The van der Waals surface area contributed by atoms with Crippen molar-refractivity contribution in [2.75, 3.05) is 6.54 Å². The molecule has 2 aliphatic rings. The van der Waals surface area contributed by atoms with Gasteiger partial charge in [0.1, 0.15) is 0 Å². The van der Waals surface area contributed by atoms with Crippen LogP contribution in [0.1, 0.15) is 59.8 Å². The molecule has 3 nitrogen and oxygen atoms in total. The van der Waals surface area contributed by atoms with Gasteiger partial charge in [0, 0.05) is 6.54 Å². The van der Waals surface area contributed by atoms with Crippen LogP contribution in [0.5, 0.6) is 0 Å². The van der Waals surface area contributed by atoms with E-state index in [9.17, 15) is 4.79 Å². The van der Waals surface area contributed by atoms with E-state index in [-0.39, 0.29) is 12.2 Å². The number of carbonyl (C=O) groups excluding carboxylic acids is 1. The maximum atomic E-state index is 12.5. The molecule has 1 aliphatic heterocycles. The molecule has 3 heteroatoms. The molecule has 19 heavy (non-hydrogen) atoms. The summed E-state index contributed by atoms with van der Waals surface area (Å²) in [5, 5.41) is 3.53. The summed E-state index contributed by atoms with van der Waals surface area (Å²) in [4.78, 5) is 14.6. The van der Waals surface area contributed by atoms with Crippen molar-refractivity contribution in [3.63, 3.8) is 0 Å². The van der Waals surface area contributed by atoms with Crippen molar-refractivity contribution in [1.29, 1.82) is 0 Å². The van der Waals surface area contributed by atoms with Crippen molar-refractivity contribution in [3.05, 3.63) is 0 Å². The summed E-state index contributed by atoms with van der Waals surface area (Å²) < 4.78 is 0. The average Bonchev–Trinajstić information content (AvgIpc) is 2.87. The Balaban J connectivity index is 1.99. The van der Waals surface area contributed by atoms with Crippen LogP contribution in [0.25, 0.3) is 0 Å². The van der Waals surface area contributed by atoms with E-state index in [0.29, 0.717) is 11.8 Å². The Morgan fingerprint density at radius 1 is 1.37 bits per heavy atom. The number of amides is 1. The summed E-state index contributed by atoms with van der Waals surface area (Å²) in [5.41, 5.74) is 0. The van der Waals surface area contributed by atoms with Crippen LogP contribution >= 0.6 is 0 Å². The Labute approximate surface area is 118 Å². The smallest absolute Gasteiger partial charge is 0.241 e. The Kier molecular flexibility index (Phi) is 4.88. The van der Waals surface area contributed by atoms with E-state index in [1.807, 2.05) is 0 Å². The fraction of sp³-hybridized carbons (Fsp3) is 0.938. The first-order chi connectivity index (χ1) is 9.01. The van der Waals surface area contributed by atoms with Crippen LogP contribution in [0.4, 0.5) is 0 Å². The van der Waals surface area contributed by atoms with E-state index in [2.05, 4.69) is 37.9 Å². The Hall–Kier alpha value is -0.570. The van der Waals surface area contributed by atoms with E-state index in [1.165, 1.54) is 19.3 Å². The van der Waals surface area contributed by atoms with Gasteiger partial charge in [-0.05, 0) is 43.4 Å². The van der Waals surface area contributed by atoms with Gasteiger partial charge < -0.3 is 4.90 Å². The zero-order valence-electron chi connectivity index (χ0n) is 13.0. The lowest BCUT2D eigenvalue weighted by Crippen LogP contribution is -2.41. The second kappa shape index (κ2) is 6.25. The summed E-state index contributed by atoms with van der Waals surface area (Å²) in [6.07, 6.45) is 6.20. The largest absolute Gasteiger partial charge is 0.326 e. The van der Waals surface area contributed by atoms with Crippen molar-refractivity contribution in [2.45, 2.75) is 72.0 Å². The molecule has 0 spiro atoms. The third-order valence-electron chi connectivity index (χ3n) is 4.71. The van der Waals surface area contributed by atoms with E-state index in [4.69, 9.17) is 0 Å². The number of hydrogen-bond donors (Lipinski definition) is 1. The van der Waals surface area contributed by atoms with Gasteiger partial charge in [0.2, 0.25) is 5.91 Å². The van der Waals surface area contributed by atoms with E-state index < -0.39 is 0 Å². The second-order valence-electron chi connectivity index (χ2n) is 7.05. The molecule has 1 heterocycles. The maximum absolute atomic E-state index is 12.5. The first kappa shape index (κ1) is 14.8. The van der Waals surface area contributed by atoms with Crippen molar-refractivity contribution >= 4 is 5.91 Å². The lowest BCUT2D eigenvalue weighted by atomic mass is 10.0. The molecule has 1 saturated heterocycles. The zero-order chi connectivity index (χ0) is 14.0. The molecule has 2 fully saturated rings. The summed E-state index contributed by atoms with van der Waals surface area (Å²) in [6, 6.07) is 0.0579. The molecule has 1 amide bonds. The van der Waals surface area contributed by atoms with Gasteiger partial charge in [0.25, 0.3) is 0 Å². The third-order valence-corrected chi connectivity index (χ3v) is 4.71. The fourth-order valence-electron chi connectivity index (χ4n) is 3.67. The molecule has 1 N–H and O–H groups in total. The van der Waals surface area contributed by atoms with E-state index in [1.54, 1.807) is 0 Å². The fourth-order valence-corrected chi connectivity index (χ4v) is 3.67. The number of hydrogen-bond acceptors (Lipinski definition) is 2. The van der Waals surface area contributed by atoms with Crippen LogP contribution in [-0.4, -0.2) is 29.6 Å². The molecule has 1 aliphatic carbocycles. The van der Waals surface area contributed by atoms with Gasteiger partial charge in [0.05, 0.1) is 12.2 Å². The topological polar surface area (TPSA) is 32.3 Å². The van der Waals surface area contributed by atoms with Crippen LogP contribution in [0.3, 0.4) is 0 Å². The zero-order valence-corrected chi connectivity index (χ0v) is 13.0. The number of nitrogens with one attached hydrogen (secondary N) is 1. The first-order valence-electron chi connectivity index (χ1n) is 8.07. The van der Waals surface area contributed by atoms with Crippen LogP contribution < -0.4 is 5.32 Å². The minimum atomic E-state index is 0.0579. The molecule has 0 bridgehead atoms. The molecule has 110 valence electrons. The molecule has 0 aromatic heterocycles. The van der Waals surface area contributed by atoms with Gasteiger partial charge in [-0.25, -0.2) is 0 Å². The summed E-state index contributed by atoms with van der Waals surface area (Å²) in [6.45, 7) is 9.89. The highest BCUT2D eigenvalue weighted by atomic mass is 16.2. The van der Waals surface area contributed by atoms with Gasteiger partial charge in [-0.2, -0.15) is 0 Å². The molecule has 0 aromatic carbocycles. The van der Waals surface area contributed by atoms with Gasteiger partial charge >= 0.3 is 0 Å². The van der Waals surface area contributed by atoms with Crippen LogP contribution in [0.15, 0.2) is 0 Å². The van der Waals surface area contributed by atoms with Crippen LogP contribution in [0.2, 0.25) is 0 Å². The van der Waals surface area contributed by atoms with Crippen molar-refractivity contribution in [3.8, 4) is 0 Å². The Bertz CT molecular complexity index is 316. The molecule has 1 saturated carbocycles. The third kappa shape index (κ3) is 3.50. The summed E-state index contributed by atoms with van der Waals surface area (Å²) >= 11 is 0. The first-order valence-corrected chi connectivity index (χ1v) is 8.07. The van der Waals surface area contributed by atoms with Gasteiger partial charge in [-0.3, -0.25) is 10.1 Å². The molecule has 0 radical (unpaired) electrons. The lowest BCUT2D eigenvalue weighted by Gasteiger charge is -2.28. The SMILES string of the molecule is CCC1NC(CC(C)C)N(CC2CCC(C)C2)C1=O.